The van der Waals surface area contributed by atoms with Crippen LogP contribution in [0.5, 0.6) is 0 Å². The highest BCUT2D eigenvalue weighted by atomic mass is 32.2. The molecule has 0 saturated carbocycles. The zero-order valence-corrected chi connectivity index (χ0v) is 8.75. The van der Waals surface area contributed by atoms with Gasteiger partial charge >= 0.3 is 0 Å². The maximum Gasteiger partial charge on any atom is 0.175 e. The Hall–Kier alpha value is -1.05. The Bertz CT molecular complexity index is 402. The molecule has 0 amide bonds. The molecular formula is C7H7N5S2. The minimum Gasteiger partial charge on any atom is -0.324 e. The standard InChI is InChI=1S/C7H7N5S2/c8-3-5-9-2-1-6(12-5)13-7-10-4-11-14-7/h1-2,4H,3,8H2. The van der Waals surface area contributed by atoms with Gasteiger partial charge in [-0.1, -0.05) is 0 Å². The molecule has 2 aromatic rings. The molecular weight excluding hydrogens is 218 g/mol. The van der Waals surface area contributed by atoms with E-state index in [4.69, 9.17) is 5.73 Å². The number of hydrogen-bond donors (Lipinski definition) is 1. The molecule has 72 valence electrons. The number of rotatable bonds is 3. The predicted octanol–water partition coefficient (Wildman–Crippen LogP) is 0.938. The van der Waals surface area contributed by atoms with E-state index in [0.29, 0.717) is 12.4 Å². The molecule has 2 rings (SSSR count). The summed E-state index contributed by atoms with van der Waals surface area (Å²) in [4.78, 5) is 12.3. The fourth-order valence-corrected chi connectivity index (χ4v) is 2.20. The highest BCUT2D eigenvalue weighted by Crippen LogP contribution is 2.25. The van der Waals surface area contributed by atoms with Crippen molar-refractivity contribution in [3.8, 4) is 0 Å². The first-order chi connectivity index (χ1) is 6.88. The Balaban J connectivity index is 2.17. The van der Waals surface area contributed by atoms with Crippen LogP contribution in [0, 0.1) is 0 Å². The molecule has 0 aliphatic heterocycles. The van der Waals surface area contributed by atoms with Gasteiger partial charge in [-0.2, -0.15) is 4.37 Å². The predicted molar refractivity (Wildman–Crippen MR) is 54.0 cm³/mol. The van der Waals surface area contributed by atoms with Crippen molar-refractivity contribution in [2.75, 3.05) is 0 Å². The van der Waals surface area contributed by atoms with Gasteiger partial charge in [0, 0.05) is 6.20 Å². The van der Waals surface area contributed by atoms with Crippen molar-refractivity contribution < 1.29 is 0 Å². The minimum atomic E-state index is 0.352. The van der Waals surface area contributed by atoms with Gasteiger partial charge in [-0.25, -0.2) is 15.0 Å². The first-order valence-electron chi connectivity index (χ1n) is 3.85. The smallest absolute Gasteiger partial charge is 0.175 e. The molecule has 0 saturated heterocycles. The van der Waals surface area contributed by atoms with E-state index < -0.39 is 0 Å². The van der Waals surface area contributed by atoms with Crippen LogP contribution >= 0.6 is 23.3 Å². The lowest BCUT2D eigenvalue weighted by Gasteiger charge is -1.98. The van der Waals surface area contributed by atoms with Gasteiger partial charge in [0.25, 0.3) is 0 Å². The Morgan fingerprint density at radius 2 is 2.36 bits per heavy atom. The lowest BCUT2D eigenvalue weighted by molar-refractivity contribution is 0.866. The number of aromatic nitrogens is 4. The molecule has 0 bridgehead atoms. The first-order valence-corrected chi connectivity index (χ1v) is 5.44. The van der Waals surface area contributed by atoms with Gasteiger partial charge in [0.15, 0.2) is 4.34 Å². The summed E-state index contributed by atoms with van der Waals surface area (Å²) >= 11 is 2.80. The van der Waals surface area contributed by atoms with Gasteiger partial charge in [-0.05, 0) is 29.4 Å². The second kappa shape index (κ2) is 4.45. The van der Waals surface area contributed by atoms with Gasteiger partial charge in [-0.3, -0.25) is 0 Å². The normalized spacial score (nSPS) is 10.4. The SMILES string of the molecule is NCc1nccc(Sc2ncns2)n1. The quantitative estimate of drug-likeness (QED) is 0.783. The molecule has 5 nitrogen and oxygen atoms in total. The van der Waals surface area contributed by atoms with E-state index in [2.05, 4.69) is 19.3 Å². The zero-order valence-electron chi connectivity index (χ0n) is 7.12. The molecule has 0 atom stereocenters. The van der Waals surface area contributed by atoms with Crippen LogP contribution in [0.15, 0.2) is 28.0 Å². The third-order valence-corrected chi connectivity index (χ3v) is 3.05. The van der Waals surface area contributed by atoms with Gasteiger partial charge in [0.2, 0.25) is 0 Å². The molecule has 14 heavy (non-hydrogen) atoms. The maximum atomic E-state index is 5.43. The number of nitrogens with two attached hydrogens (primary N) is 1. The summed E-state index contributed by atoms with van der Waals surface area (Å²) in [6, 6.07) is 1.82. The fraction of sp³-hybridized carbons (Fsp3) is 0.143. The summed E-state index contributed by atoms with van der Waals surface area (Å²) in [7, 11) is 0. The zero-order chi connectivity index (χ0) is 9.80. The van der Waals surface area contributed by atoms with E-state index >= 15 is 0 Å². The molecule has 2 aromatic heterocycles. The van der Waals surface area contributed by atoms with Crippen LogP contribution in [0.25, 0.3) is 0 Å². The van der Waals surface area contributed by atoms with Gasteiger partial charge < -0.3 is 5.73 Å². The van der Waals surface area contributed by atoms with E-state index in [1.807, 2.05) is 6.07 Å². The third kappa shape index (κ3) is 2.25. The maximum absolute atomic E-state index is 5.43. The first kappa shape index (κ1) is 9.50. The molecule has 7 heteroatoms. The topological polar surface area (TPSA) is 77.6 Å². The van der Waals surface area contributed by atoms with Crippen molar-refractivity contribution in [2.45, 2.75) is 15.9 Å². The second-order valence-corrected chi connectivity index (χ2v) is 4.37. The van der Waals surface area contributed by atoms with E-state index in [0.717, 1.165) is 9.37 Å². The summed E-state index contributed by atoms with van der Waals surface area (Å²) in [5, 5.41) is 0.845. The Morgan fingerprint density at radius 3 is 3.07 bits per heavy atom. The number of hydrogen-bond acceptors (Lipinski definition) is 7. The summed E-state index contributed by atoms with van der Waals surface area (Å²) in [6.07, 6.45) is 3.22. The molecule has 0 radical (unpaired) electrons. The molecule has 0 spiro atoms. The van der Waals surface area contributed by atoms with Crippen molar-refractivity contribution in [3.05, 3.63) is 24.4 Å². The van der Waals surface area contributed by atoms with Crippen LogP contribution in [0.1, 0.15) is 5.82 Å². The van der Waals surface area contributed by atoms with E-state index in [9.17, 15) is 0 Å². The molecule has 2 heterocycles. The number of nitrogens with zero attached hydrogens (tertiary/aromatic N) is 4. The van der Waals surface area contributed by atoms with E-state index in [1.165, 1.54) is 29.6 Å². The van der Waals surface area contributed by atoms with Crippen molar-refractivity contribution in [1.29, 1.82) is 0 Å². The van der Waals surface area contributed by atoms with Crippen molar-refractivity contribution in [1.82, 2.24) is 19.3 Å². The van der Waals surface area contributed by atoms with Gasteiger partial charge in [0.1, 0.15) is 17.2 Å². The second-order valence-electron chi connectivity index (χ2n) is 2.32. The van der Waals surface area contributed by atoms with Crippen LogP contribution < -0.4 is 5.73 Å². The van der Waals surface area contributed by atoms with Crippen molar-refractivity contribution >= 4 is 23.3 Å². The molecule has 2 N–H and O–H groups in total. The monoisotopic (exact) mass is 225 g/mol. The highest BCUT2D eigenvalue weighted by molar-refractivity contribution is 8.00. The Morgan fingerprint density at radius 1 is 1.43 bits per heavy atom. The summed E-state index contributed by atoms with van der Waals surface area (Å²) in [5.41, 5.74) is 5.43. The summed E-state index contributed by atoms with van der Waals surface area (Å²) in [6.45, 7) is 0.352. The lowest BCUT2D eigenvalue weighted by atomic mass is 10.5. The minimum absolute atomic E-state index is 0.352. The molecule has 0 fully saturated rings. The fourth-order valence-electron chi connectivity index (χ4n) is 0.833. The molecule has 0 unspecified atom stereocenters. The summed E-state index contributed by atoms with van der Waals surface area (Å²) in [5.74, 6) is 0.638. The van der Waals surface area contributed by atoms with Gasteiger partial charge in [-0.15, -0.1) is 0 Å². The average molecular weight is 225 g/mol. The largest absolute Gasteiger partial charge is 0.324 e. The highest BCUT2D eigenvalue weighted by Gasteiger charge is 2.02. The van der Waals surface area contributed by atoms with Crippen LogP contribution in [-0.4, -0.2) is 19.3 Å². The van der Waals surface area contributed by atoms with Crippen LogP contribution in [0.3, 0.4) is 0 Å². The Kier molecular flexibility index (Phi) is 3.02. The lowest BCUT2D eigenvalue weighted by Crippen LogP contribution is -2.02. The van der Waals surface area contributed by atoms with Crippen molar-refractivity contribution in [3.63, 3.8) is 0 Å². The van der Waals surface area contributed by atoms with E-state index in [1.54, 1.807) is 6.20 Å². The molecule has 0 aliphatic carbocycles. The Labute approximate surface area is 89.0 Å². The van der Waals surface area contributed by atoms with Crippen LogP contribution in [-0.2, 0) is 6.54 Å². The third-order valence-electron chi connectivity index (χ3n) is 1.40. The van der Waals surface area contributed by atoms with Crippen molar-refractivity contribution in [2.24, 2.45) is 5.73 Å². The van der Waals surface area contributed by atoms with Crippen LogP contribution in [0.4, 0.5) is 0 Å². The van der Waals surface area contributed by atoms with E-state index in [-0.39, 0.29) is 0 Å². The average Bonchev–Trinajstić information content (AvgIpc) is 2.71. The van der Waals surface area contributed by atoms with Gasteiger partial charge in [0.05, 0.1) is 6.54 Å². The molecule has 0 aliphatic rings. The van der Waals surface area contributed by atoms with Crippen LogP contribution in [0.2, 0.25) is 0 Å². The summed E-state index contributed by atoms with van der Waals surface area (Å²) < 4.78 is 4.77. The molecule has 0 aromatic carbocycles.